The van der Waals surface area contributed by atoms with Crippen molar-refractivity contribution in [1.82, 2.24) is 5.32 Å². The van der Waals surface area contributed by atoms with E-state index in [4.69, 9.17) is 29.1 Å². The molecule has 1 aromatic rings. The van der Waals surface area contributed by atoms with Gasteiger partial charge >= 0.3 is 6.09 Å². The highest BCUT2D eigenvalue weighted by molar-refractivity contribution is 7.80. The van der Waals surface area contributed by atoms with E-state index in [-0.39, 0.29) is 11.7 Å². The molecule has 94 valence electrons. The number of hydrogen-bond acceptors (Lipinski definition) is 4. The highest BCUT2D eigenvalue weighted by Crippen LogP contribution is 2.20. The van der Waals surface area contributed by atoms with Gasteiger partial charge in [-0.3, -0.25) is 5.32 Å². The zero-order valence-electron chi connectivity index (χ0n) is 9.49. The van der Waals surface area contributed by atoms with Crippen molar-refractivity contribution >= 4 is 40.7 Å². The molecule has 1 aromatic carbocycles. The number of hydrogen-bond donors (Lipinski definition) is 2. The van der Waals surface area contributed by atoms with Crippen LogP contribution in [-0.2, 0) is 4.74 Å². The number of alkyl carbamates (subject to hydrolysis) is 1. The number of amides is 1. The lowest BCUT2D eigenvalue weighted by atomic mass is 10.2. The second kappa shape index (κ2) is 6.79. The van der Waals surface area contributed by atoms with Crippen LogP contribution in [0, 0.1) is 11.3 Å². The van der Waals surface area contributed by atoms with Crippen LogP contribution in [0.15, 0.2) is 18.2 Å². The summed E-state index contributed by atoms with van der Waals surface area (Å²) in [6.45, 7) is 1.93. The summed E-state index contributed by atoms with van der Waals surface area (Å²) < 4.78 is 4.66. The van der Waals surface area contributed by atoms with Crippen molar-refractivity contribution in [3.8, 4) is 6.07 Å². The third-order valence-electron chi connectivity index (χ3n) is 1.84. The van der Waals surface area contributed by atoms with Crippen LogP contribution < -0.4 is 10.6 Å². The van der Waals surface area contributed by atoms with Crippen molar-refractivity contribution in [3.63, 3.8) is 0 Å². The number of rotatable bonds is 2. The molecule has 5 nitrogen and oxygen atoms in total. The van der Waals surface area contributed by atoms with Crippen LogP contribution in [0.25, 0.3) is 0 Å². The van der Waals surface area contributed by atoms with Crippen molar-refractivity contribution in [2.24, 2.45) is 0 Å². The van der Waals surface area contributed by atoms with Crippen molar-refractivity contribution in [2.45, 2.75) is 6.92 Å². The molecule has 0 aromatic heterocycles. The summed E-state index contributed by atoms with van der Waals surface area (Å²) in [7, 11) is 0. The summed E-state index contributed by atoms with van der Waals surface area (Å²) in [5, 5.41) is 14.4. The van der Waals surface area contributed by atoms with Gasteiger partial charge in [-0.25, -0.2) is 4.79 Å². The highest BCUT2D eigenvalue weighted by Gasteiger charge is 2.08. The number of benzene rings is 1. The summed E-state index contributed by atoms with van der Waals surface area (Å²) in [5.41, 5.74) is 0.791. The number of carbonyl (C=O) groups excluding carboxylic acids is 1. The molecule has 2 N–H and O–H groups in total. The molecular weight excluding hydrogens is 274 g/mol. The molecule has 1 amide bonds. The van der Waals surface area contributed by atoms with Crippen molar-refractivity contribution in [3.05, 3.63) is 28.8 Å². The Balaban J connectivity index is 2.73. The number of ether oxygens (including phenoxy) is 1. The number of nitriles is 1. The molecular formula is C11H10ClN3O2S. The zero-order valence-corrected chi connectivity index (χ0v) is 11.1. The fraction of sp³-hybridized carbons (Fsp3) is 0.182. The van der Waals surface area contributed by atoms with Gasteiger partial charge < -0.3 is 10.1 Å². The maximum Gasteiger partial charge on any atom is 0.413 e. The third kappa shape index (κ3) is 4.20. The van der Waals surface area contributed by atoms with Crippen molar-refractivity contribution in [1.29, 1.82) is 5.26 Å². The minimum atomic E-state index is -0.657. The van der Waals surface area contributed by atoms with Crippen LogP contribution in [0.1, 0.15) is 12.5 Å². The van der Waals surface area contributed by atoms with E-state index in [2.05, 4.69) is 15.4 Å². The monoisotopic (exact) mass is 283 g/mol. The van der Waals surface area contributed by atoms with E-state index in [1.807, 2.05) is 6.07 Å². The summed E-state index contributed by atoms with van der Waals surface area (Å²) in [5.74, 6) is 0. The van der Waals surface area contributed by atoms with Gasteiger partial charge in [0.2, 0.25) is 0 Å². The first-order valence-corrected chi connectivity index (χ1v) is 5.79. The maximum absolute atomic E-state index is 11.1. The molecule has 0 fully saturated rings. The molecule has 18 heavy (non-hydrogen) atoms. The molecule has 0 aliphatic rings. The quantitative estimate of drug-likeness (QED) is 0.816. The Morgan fingerprint density at radius 1 is 1.61 bits per heavy atom. The van der Waals surface area contributed by atoms with Gasteiger partial charge in [0.15, 0.2) is 5.11 Å². The average molecular weight is 284 g/mol. The molecule has 0 saturated heterocycles. The van der Waals surface area contributed by atoms with E-state index in [0.29, 0.717) is 16.3 Å². The lowest BCUT2D eigenvalue weighted by molar-refractivity contribution is 0.158. The smallest absolute Gasteiger partial charge is 0.413 e. The zero-order chi connectivity index (χ0) is 13.5. The molecule has 0 spiro atoms. The van der Waals surface area contributed by atoms with E-state index in [1.165, 1.54) is 0 Å². The van der Waals surface area contributed by atoms with Crippen LogP contribution >= 0.6 is 23.8 Å². The first-order valence-electron chi connectivity index (χ1n) is 5.01. The summed E-state index contributed by atoms with van der Waals surface area (Å²) in [6, 6.07) is 6.67. The van der Waals surface area contributed by atoms with Gasteiger partial charge in [-0.1, -0.05) is 11.6 Å². The maximum atomic E-state index is 11.1. The first-order chi connectivity index (χ1) is 8.56. The Morgan fingerprint density at radius 3 is 2.94 bits per heavy atom. The Morgan fingerprint density at radius 2 is 2.33 bits per heavy atom. The van der Waals surface area contributed by atoms with Gasteiger partial charge in [-0.05, 0) is 37.3 Å². The molecule has 0 unspecified atom stereocenters. The van der Waals surface area contributed by atoms with Crippen LogP contribution in [0.4, 0.5) is 10.5 Å². The van der Waals surface area contributed by atoms with Crippen LogP contribution in [-0.4, -0.2) is 17.8 Å². The minimum absolute atomic E-state index is 0.0345. The van der Waals surface area contributed by atoms with Gasteiger partial charge in [-0.2, -0.15) is 5.26 Å². The van der Waals surface area contributed by atoms with E-state index >= 15 is 0 Å². The fourth-order valence-electron chi connectivity index (χ4n) is 1.13. The van der Waals surface area contributed by atoms with Gasteiger partial charge in [0.1, 0.15) is 6.07 Å². The number of nitrogens with one attached hydrogen (secondary N) is 2. The normalized spacial score (nSPS) is 9.17. The topological polar surface area (TPSA) is 74.2 Å². The minimum Gasteiger partial charge on any atom is -0.450 e. The Hall–Kier alpha value is -1.84. The number of nitrogens with zero attached hydrogens (tertiary/aromatic N) is 1. The fourth-order valence-corrected chi connectivity index (χ4v) is 1.50. The summed E-state index contributed by atoms with van der Waals surface area (Å²) >= 11 is 10.7. The Kier molecular flexibility index (Phi) is 5.36. The second-order valence-electron chi connectivity index (χ2n) is 3.10. The lowest BCUT2D eigenvalue weighted by Crippen LogP contribution is -2.34. The SMILES string of the molecule is CCOC(=O)NC(=S)Nc1cc(Cl)ccc1C#N. The number of carbonyl (C=O) groups is 1. The molecule has 0 radical (unpaired) electrons. The summed E-state index contributed by atoms with van der Waals surface area (Å²) in [6.07, 6.45) is -0.657. The molecule has 7 heteroatoms. The average Bonchev–Trinajstić information content (AvgIpc) is 2.29. The van der Waals surface area contributed by atoms with Gasteiger partial charge in [0.25, 0.3) is 0 Å². The van der Waals surface area contributed by atoms with E-state index in [0.717, 1.165) is 0 Å². The molecule has 0 atom stereocenters. The second-order valence-corrected chi connectivity index (χ2v) is 3.95. The van der Waals surface area contributed by atoms with Crippen molar-refractivity contribution in [2.75, 3.05) is 11.9 Å². The third-order valence-corrected chi connectivity index (χ3v) is 2.28. The van der Waals surface area contributed by atoms with E-state index in [1.54, 1.807) is 25.1 Å². The predicted octanol–water partition coefficient (Wildman–Crippen LogP) is 2.65. The van der Waals surface area contributed by atoms with Crippen LogP contribution in [0.5, 0.6) is 0 Å². The molecule has 0 bridgehead atoms. The predicted molar refractivity (Wildman–Crippen MR) is 72.5 cm³/mol. The van der Waals surface area contributed by atoms with E-state index in [9.17, 15) is 4.79 Å². The van der Waals surface area contributed by atoms with Gasteiger partial charge in [0, 0.05) is 5.02 Å². The largest absolute Gasteiger partial charge is 0.450 e. The van der Waals surface area contributed by atoms with Gasteiger partial charge in [0.05, 0.1) is 17.9 Å². The molecule has 0 aliphatic heterocycles. The highest BCUT2D eigenvalue weighted by atomic mass is 35.5. The van der Waals surface area contributed by atoms with Gasteiger partial charge in [-0.15, -0.1) is 0 Å². The summed E-state index contributed by atoms with van der Waals surface area (Å²) in [4.78, 5) is 11.1. The lowest BCUT2D eigenvalue weighted by Gasteiger charge is -2.10. The molecule has 0 aliphatic carbocycles. The number of halogens is 1. The standard InChI is InChI=1S/C11H10ClN3O2S/c1-2-17-11(16)15-10(18)14-9-5-8(12)4-3-7(9)6-13/h3-5H,2H2,1H3,(H2,14,15,16,18). The number of thiocarbonyl (C=S) groups is 1. The molecule has 0 saturated carbocycles. The Bertz CT molecular complexity index is 514. The Labute approximate surface area is 115 Å². The first kappa shape index (κ1) is 14.2. The van der Waals surface area contributed by atoms with Crippen LogP contribution in [0.3, 0.4) is 0 Å². The molecule has 1 rings (SSSR count). The molecule has 0 heterocycles. The number of anilines is 1. The van der Waals surface area contributed by atoms with Crippen molar-refractivity contribution < 1.29 is 9.53 Å². The van der Waals surface area contributed by atoms with E-state index < -0.39 is 6.09 Å². The van der Waals surface area contributed by atoms with Crippen LogP contribution in [0.2, 0.25) is 5.02 Å².